The lowest BCUT2D eigenvalue weighted by molar-refractivity contribution is -0.136. The zero-order valence-corrected chi connectivity index (χ0v) is 12.6. The number of aliphatic carboxylic acids is 1. The maximum atomic E-state index is 12.3. The van der Waals surface area contributed by atoms with Gasteiger partial charge in [0.25, 0.3) is 5.91 Å². The van der Waals surface area contributed by atoms with E-state index in [1.807, 2.05) is 37.3 Å². The second-order valence-electron chi connectivity index (χ2n) is 5.31. The minimum absolute atomic E-state index is 0.167. The molecule has 1 atom stereocenters. The van der Waals surface area contributed by atoms with Crippen molar-refractivity contribution in [1.82, 2.24) is 5.32 Å². The second kappa shape index (κ2) is 6.93. The summed E-state index contributed by atoms with van der Waals surface area (Å²) in [6.07, 6.45) is 1.11. The smallest absolute Gasteiger partial charge is 0.311 e. The monoisotopic (exact) mass is 301 g/mol. The number of hydrogen-bond acceptors (Lipinski definition) is 3. The Morgan fingerprint density at radius 1 is 1.27 bits per heavy atom. The fraction of sp³-hybridized carbons (Fsp3) is 0.294. The van der Waals surface area contributed by atoms with Crippen molar-refractivity contribution in [1.29, 1.82) is 0 Å². The van der Waals surface area contributed by atoms with Gasteiger partial charge < -0.3 is 14.8 Å². The van der Waals surface area contributed by atoms with Gasteiger partial charge in [0.15, 0.2) is 0 Å². The SMILES string of the molecule is Cc1coc(CC(=O)O)c1C(=O)NCC(C)c1ccccc1. The van der Waals surface area contributed by atoms with Crippen LogP contribution in [0, 0.1) is 6.92 Å². The number of carboxylic acid groups (broad SMARTS) is 1. The number of furan rings is 1. The summed E-state index contributed by atoms with van der Waals surface area (Å²) >= 11 is 0. The number of amides is 1. The zero-order chi connectivity index (χ0) is 16.1. The third-order valence-electron chi connectivity index (χ3n) is 3.53. The third-order valence-corrected chi connectivity index (χ3v) is 3.53. The van der Waals surface area contributed by atoms with E-state index in [-0.39, 0.29) is 24.0 Å². The minimum atomic E-state index is -1.03. The highest BCUT2D eigenvalue weighted by Crippen LogP contribution is 2.18. The summed E-state index contributed by atoms with van der Waals surface area (Å²) in [6, 6.07) is 9.88. The van der Waals surface area contributed by atoms with Crippen molar-refractivity contribution < 1.29 is 19.1 Å². The van der Waals surface area contributed by atoms with E-state index in [0.29, 0.717) is 17.7 Å². The molecule has 0 aliphatic heterocycles. The van der Waals surface area contributed by atoms with E-state index in [0.717, 1.165) is 5.56 Å². The van der Waals surface area contributed by atoms with Crippen LogP contribution in [0.5, 0.6) is 0 Å². The van der Waals surface area contributed by atoms with Crippen molar-refractivity contribution >= 4 is 11.9 Å². The van der Waals surface area contributed by atoms with E-state index >= 15 is 0 Å². The van der Waals surface area contributed by atoms with Crippen LogP contribution in [0.3, 0.4) is 0 Å². The maximum Gasteiger partial charge on any atom is 0.311 e. The number of carbonyl (C=O) groups is 2. The van der Waals surface area contributed by atoms with Crippen molar-refractivity contribution in [2.45, 2.75) is 26.2 Å². The molecule has 5 heteroatoms. The predicted octanol–water partition coefficient (Wildman–Crippen LogP) is 2.75. The number of nitrogens with one attached hydrogen (secondary N) is 1. The van der Waals surface area contributed by atoms with Crippen molar-refractivity contribution in [3.05, 3.63) is 59.0 Å². The van der Waals surface area contributed by atoms with Crippen LogP contribution in [0.25, 0.3) is 0 Å². The fourth-order valence-corrected chi connectivity index (χ4v) is 2.30. The average Bonchev–Trinajstić information content (AvgIpc) is 2.85. The van der Waals surface area contributed by atoms with E-state index in [1.165, 1.54) is 6.26 Å². The van der Waals surface area contributed by atoms with Crippen LogP contribution in [0.15, 0.2) is 41.0 Å². The molecule has 0 bridgehead atoms. The molecule has 1 amide bonds. The first-order valence-electron chi connectivity index (χ1n) is 7.11. The maximum absolute atomic E-state index is 12.3. The topological polar surface area (TPSA) is 79.5 Å². The Morgan fingerprint density at radius 2 is 1.95 bits per heavy atom. The molecular weight excluding hydrogens is 282 g/mol. The summed E-state index contributed by atoms with van der Waals surface area (Å²) in [7, 11) is 0. The number of aryl methyl sites for hydroxylation is 1. The number of carboxylic acids is 1. The van der Waals surface area contributed by atoms with Gasteiger partial charge in [-0.3, -0.25) is 9.59 Å². The highest BCUT2D eigenvalue weighted by molar-refractivity contribution is 5.97. The summed E-state index contributed by atoms with van der Waals surface area (Å²) < 4.78 is 5.18. The molecule has 0 spiro atoms. The van der Waals surface area contributed by atoms with Gasteiger partial charge in [0.1, 0.15) is 12.2 Å². The van der Waals surface area contributed by atoms with Gasteiger partial charge in [0, 0.05) is 12.1 Å². The van der Waals surface area contributed by atoms with Gasteiger partial charge in [0.05, 0.1) is 11.8 Å². The number of hydrogen-bond donors (Lipinski definition) is 2. The molecule has 0 aliphatic rings. The summed E-state index contributed by atoms with van der Waals surface area (Å²) in [4.78, 5) is 23.1. The van der Waals surface area contributed by atoms with Gasteiger partial charge >= 0.3 is 5.97 Å². The molecule has 2 N–H and O–H groups in total. The number of carbonyl (C=O) groups excluding carboxylic acids is 1. The Morgan fingerprint density at radius 3 is 2.59 bits per heavy atom. The summed E-state index contributed by atoms with van der Waals surface area (Å²) in [5.41, 5.74) is 2.10. The Labute approximate surface area is 129 Å². The summed E-state index contributed by atoms with van der Waals surface area (Å²) in [6.45, 7) is 4.22. The molecule has 0 fully saturated rings. The predicted molar refractivity (Wildman–Crippen MR) is 82.0 cm³/mol. The Kier molecular flexibility index (Phi) is 4.99. The molecule has 1 aromatic heterocycles. The first-order chi connectivity index (χ1) is 10.5. The minimum Gasteiger partial charge on any atom is -0.481 e. The van der Waals surface area contributed by atoms with Crippen LogP contribution in [0.4, 0.5) is 0 Å². The van der Waals surface area contributed by atoms with Gasteiger partial charge in [-0.2, -0.15) is 0 Å². The highest BCUT2D eigenvalue weighted by atomic mass is 16.4. The standard InChI is InChI=1S/C17H19NO4/c1-11(13-6-4-3-5-7-13)9-18-17(21)16-12(2)10-22-14(16)8-15(19)20/h3-7,10-11H,8-9H2,1-2H3,(H,18,21)(H,19,20). The van der Waals surface area contributed by atoms with E-state index in [9.17, 15) is 9.59 Å². The molecule has 116 valence electrons. The Balaban J connectivity index is 2.04. The van der Waals surface area contributed by atoms with Crippen molar-refractivity contribution in [2.75, 3.05) is 6.54 Å². The van der Waals surface area contributed by atoms with Gasteiger partial charge in [0.2, 0.25) is 0 Å². The van der Waals surface area contributed by atoms with Gasteiger partial charge in [-0.25, -0.2) is 0 Å². The molecule has 0 saturated heterocycles. The molecule has 1 heterocycles. The van der Waals surface area contributed by atoms with Crippen LogP contribution in [0.2, 0.25) is 0 Å². The molecule has 1 unspecified atom stereocenters. The van der Waals surface area contributed by atoms with Crippen molar-refractivity contribution in [2.24, 2.45) is 0 Å². The molecule has 5 nitrogen and oxygen atoms in total. The normalized spacial score (nSPS) is 11.9. The zero-order valence-electron chi connectivity index (χ0n) is 12.6. The summed E-state index contributed by atoms with van der Waals surface area (Å²) in [5.74, 6) is -0.971. The van der Waals surface area contributed by atoms with Gasteiger partial charge in [-0.05, 0) is 18.4 Å². The van der Waals surface area contributed by atoms with Crippen molar-refractivity contribution in [3.63, 3.8) is 0 Å². The average molecular weight is 301 g/mol. The molecule has 0 saturated carbocycles. The van der Waals surface area contributed by atoms with Crippen LogP contribution >= 0.6 is 0 Å². The van der Waals surface area contributed by atoms with E-state index in [1.54, 1.807) is 6.92 Å². The van der Waals surface area contributed by atoms with Gasteiger partial charge in [-0.15, -0.1) is 0 Å². The van der Waals surface area contributed by atoms with E-state index < -0.39 is 5.97 Å². The molecule has 2 aromatic rings. The van der Waals surface area contributed by atoms with Gasteiger partial charge in [-0.1, -0.05) is 37.3 Å². The lowest BCUT2D eigenvalue weighted by Gasteiger charge is -2.13. The third kappa shape index (κ3) is 3.75. The highest BCUT2D eigenvalue weighted by Gasteiger charge is 2.20. The van der Waals surface area contributed by atoms with Crippen LogP contribution < -0.4 is 5.32 Å². The quantitative estimate of drug-likeness (QED) is 0.859. The first kappa shape index (κ1) is 15.8. The molecule has 22 heavy (non-hydrogen) atoms. The fourth-order valence-electron chi connectivity index (χ4n) is 2.30. The molecule has 2 rings (SSSR count). The Bertz CT molecular complexity index is 661. The molecule has 1 aromatic carbocycles. The number of rotatable bonds is 6. The largest absolute Gasteiger partial charge is 0.481 e. The molecular formula is C17H19NO4. The summed E-state index contributed by atoms with van der Waals surface area (Å²) in [5, 5.41) is 11.7. The number of benzene rings is 1. The molecule has 0 radical (unpaired) electrons. The van der Waals surface area contributed by atoms with E-state index in [2.05, 4.69) is 5.32 Å². The lowest BCUT2D eigenvalue weighted by Crippen LogP contribution is -2.28. The Hall–Kier alpha value is -2.56. The second-order valence-corrected chi connectivity index (χ2v) is 5.31. The van der Waals surface area contributed by atoms with Crippen LogP contribution in [-0.4, -0.2) is 23.5 Å². The van der Waals surface area contributed by atoms with Crippen LogP contribution in [-0.2, 0) is 11.2 Å². The van der Waals surface area contributed by atoms with Crippen molar-refractivity contribution in [3.8, 4) is 0 Å². The van der Waals surface area contributed by atoms with E-state index in [4.69, 9.17) is 9.52 Å². The lowest BCUT2D eigenvalue weighted by atomic mass is 10.0. The van der Waals surface area contributed by atoms with Crippen LogP contribution in [0.1, 0.15) is 40.1 Å². The molecule has 0 aliphatic carbocycles. The first-order valence-corrected chi connectivity index (χ1v) is 7.11.